The quantitative estimate of drug-likeness (QED) is 0.770. The van der Waals surface area contributed by atoms with Gasteiger partial charge in [0.2, 0.25) is 5.91 Å². The smallest absolute Gasteiger partial charge is 0.227 e. The van der Waals surface area contributed by atoms with Crippen molar-refractivity contribution in [1.82, 2.24) is 4.90 Å². The van der Waals surface area contributed by atoms with E-state index in [0.717, 1.165) is 12.8 Å². The van der Waals surface area contributed by atoms with E-state index in [1.54, 1.807) is 23.1 Å². The fourth-order valence-electron chi connectivity index (χ4n) is 3.08. The number of furan rings is 1. The predicted molar refractivity (Wildman–Crippen MR) is 87.5 cm³/mol. The number of rotatable bonds is 5. The zero-order valence-corrected chi connectivity index (χ0v) is 13.8. The van der Waals surface area contributed by atoms with Crippen molar-refractivity contribution in [2.45, 2.75) is 31.7 Å². The summed E-state index contributed by atoms with van der Waals surface area (Å²) in [6.07, 6.45) is 3.14. The minimum atomic E-state index is -0.488. The number of hydrogen-bond donors (Lipinski definition) is 0. The highest BCUT2D eigenvalue weighted by atomic mass is 35.5. The zero-order chi connectivity index (χ0) is 17.1. The van der Waals surface area contributed by atoms with Crippen LogP contribution in [0.1, 0.15) is 35.4 Å². The van der Waals surface area contributed by atoms with Gasteiger partial charge in [0.25, 0.3) is 0 Å². The maximum Gasteiger partial charge on any atom is 0.227 e. The number of likely N-dealkylation sites (tertiary alicyclic amines) is 1. The van der Waals surface area contributed by atoms with Gasteiger partial charge in [-0.3, -0.25) is 9.59 Å². The number of ketones is 1. The molecule has 2 heterocycles. The molecule has 1 saturated heterocycles. The topological polar surface area (TPSA) is 50.5 Å². The molecule has 0 bridgehead atoms. The van der Waals surface area contributed by atoms with Crippen LogP contribution in [0.25, 0.3) is 0 Å². The average Bonchev–Trinajstić information content (AvgIpc) is 3.22. The lowest BCUT2D eigenvalue weighted by Crippen LogP contribution is -2.38. The molecule has 2 aromatic rings. The number of halogens is 2. The van der Waals surface area contributed by atoms with Crippen LogP contribution in [0.5, 0.6) is 0 Å². The molecule has 1 amide bonds. The van der Waals surface area contributed by atoms with Gasteiger partial charge in [-0.1, -0.05) is 17.7 Å². The van der Waals surface area contributed by atoms with Crippen LogP contribution < -0.4 is 0 Å². The van der Waals surface area contributed by atoms with E-state index < -0.39 is 5.82 Å². The van der Waals surface area contributed by atoms with E-state index in [-0.39, 0.29) is 41.2 Å². The molecule has 0 spiro atoms. The van der Waals surface area contributed by atoms with E-state index in [1.165, 1.54) is 18.4 Å². The molecular formula is C18H17ClFNO3. The number of amides is 1. The van der Waals surface area contributed by atoms with Gasteiger partial charge in [-0.2, -0.15) is 0 Å². The summed E-state index contributed by atoms with van der Waals surface area (Å²) in [5.41, 5.74) is 0.201. The Labute approximate surface area is 144 Å². The first kappa shape index (κ1) is 16.7. The van der Waals surface area contributed by atoms with Crippen LogP contribution in [0.3, 0.4) is 0 Å². The highest BCUT2D eigenvalue weighted by Crippen LogP contribution is 2.25. The van der Waals surface area contributed by atoms with Gasteiger partial charge < -0.3 is 9.32 Å². The molecule has 1 aliphatic heterocycles. The van der Waals surface area contributed by atoms with E-state index in [0.29, 0.717) is 12.3 Å². The molecule has 0 N–H and O–H groups in total. The monoisotopic (exact) mass is 349 g/mol. The van der Waals surface area contributed by atoms with Gasteiger partial charge in [-0.15, -0.1) is 0 Å². The first-order chi connectivity index (χ1) is 11.6. The van der Waals surface area contributed by atoms with Crippen LogP contribution in [0.2, 0.25) is 5.02 Å². The molecule has 1 atom stereocenters. The Morgan fingerprint density at radius 2 is 2.12 bits per heavy atom. The summed E-state index contributed by atoms with van der Waals surface area (Å²) in [6, 6.07) is 7.45. The van der Waals surface area contributed by atoms with E-state index in [2.05, 4.69) is 0 Å². The molecule has 0 saturated carbocycles. The first-order valence-electron chi connectivity index (χ1n) is 7.85. The predicted octanol–water partition coefficient (Wildman–Crippen LogP) is 3.88. The van der Waals surface area contributed by atoms with Crippen molar-refractivity contribution in [1.29, 1.82) is 0 Å². The number of carbonyl (C=O) groups excluding carboxylic acids is 2. The zero-order valence-electron chi connectivity index (χ0n) is 13.0. The number of Topliss-reactive ketones (excluding diaryl/α,β-unsaturated/α-hetero) is 1. The molecule has 1 aromatic carbocycles. The third-order valence-corrected chi connectivity index (χ3v) is 4.66. The van der Waals surface area contributed by atoms with Gasteiger partial charge in [-0.25, -0.2) is 4.39 Å². The van der Waals surface area contributed by atoms with Crippen LogP contribution in [-0.2, 0) is 11.2 Å². The van der Waals surface area contributed by atoms with Gasteiger partial charge in [0.05, 0.1) is 12.7 Å². The highest BCUT2D eigenvalue weighted by molar-refractivity contribution is 6.31. The van der Waals surface area contributed by atoms with Crippen molar-refractivity contribution in [2.75, 3.05) is 6.54 Å². The molecular weight excluding hydrogens is 333 g/mol. The summed E-state index contributed by atoms with van der Waals surface area (Å²) in [5, 5.41) is 0.241. The van der Waals surface area contributed by atoms with Crippen molar-refractivity contribution in [2.24, 2.45) is 0 Å². The second kappa shape index (κ2) is 7.18. The van der Waals surface area contributed by atoms with Gasteiger partial charge in [0, 0.05) is 29.6 Å². The van der Waals surface area contributed by atoms with Crippen molar-refractivity contribution in [3.8, 4) is 0 Å². The summed E-state index contributed by atoms with van der Waals surface area (Å²) >= 11 is 5.99. The van der Waals surface area contributed by atoms with Crippen molar-refractivity contribution < 1.29 is 18.4 Å². The van der Waals surface area contributed by atoms with E-state index in [4.69, 9.17) is 16.0 Å². The summed E-state index contributed by atoms with van der Waals surface area (Å²) in [7, 11) is 0. The summed E-state index contributed by atoms with van der Waals surface area (Å²) < 4.78 is 19.0. The van der Waals surface area contributed by atoms with Crippen molar-refractivity contribution >= 4 is 23.3 Å². The molecule has 0 unspecified atom stereocenters. The summed E-state index contributed by atoms with van der Waals surface area (Å²) in [5.74, 6) is -0.532. The highest BCUT2D eigenvalue weighted by Gasteiger charge is 2.31. The maximum absolute atomic E-state index is 13.9. The lowest BCUT2D eigenvalue weighted by atomic mass is 10.1. The van der Waals surface area contributed by atoms with Crippen LogP contribution in [0.4, 0.5) is 4.39 Å². The van der Waals surface area contributed by atoms with Crippen LogP contribution in [0, 0.1) is 5.82 Å². The van der Waals surface area contributed by atoms with Crippen LogP contribution in [-0.4, -0.2) is 29.2 Å². The number of nitrogens with zero attached hydrogens (tertiary/aromatic N) is 1. The second-order valence-electron chi connectivity index (χ2n) is 5.86. The van der Waals surface area contributed by atoms with E-state index >= 15 is 0 Å². The lowest BCUT2D eigenvalue weighted by Gasteiger charge is -2.24. The van der Waals surface area contributed by atoms with Gasteiger partial charge in [0.15, 0.2) is 11.5 Å². The maximum atomic E-state index is 13.9. The molecule has 1 aromatic heterocycles. The number of benzene rings is 1. The summed E-state index contributed by atoms with van der Waals surface area (Å²) in [4.78, 5) is 26.4. The molecule has 4 nitrogen and oxygen atoms in total. The SMILES string of the molecule is O=C(C[C@H]1CCCN1C(=O)Cc1c(F)cccc1Cl)c1ccco1. The van der Waals surface area contributed by atoms with Gasteiger partial charge in [0.1, 0.15) is 5.82 Å². The van der Waals surface area contributed by atoms with Crippen molar-refractivity contribution in [3.63, 3.8) is 0 Å². The third-order valence-electron chi connectivity index (χ3n) is 4.30. The molecule has 3 rings (SSSR count). The number of carbonyl (C=O) groups is 2. The minimum absolute atomic E-state index is 0.100. The Balaban J connectivity index is 1.68. The summed E-state index contributed by atoms with van der Waals surface area (Å²) in [6.45, 7) is 0.570. The molecule has 6 heteroatoms. The third kappa shape index (κ3) is 3.51. The number of hydrogen-bond acceptors (Lipinski definition) is 3. The Kier molecular flexibility index (Phi) is 5.00. The minimum Gasteiger partial charge on any atom is -0.461 e. The molecule has 1 fully saturated rings. The van der Waals surface area contributed by atoms with E-state index in [9.17, 15) is 14.0 Å². The Morgan fingerprint density at radius 3 is 2.83 bits per heavy atom. The van der Waals surface area contributed by atoms with Gasteiger partial charge in [-0.05, 0) is 37.1 Å². The lowest BCUT2D eigenvalue weighted by molar-refractivity contribution is -0.131. The van der Waals surface area contributed by atoms with E-state index in [1.807, 2.05) is 0 Å². The molecule has 126 valence electrons. The Morgan fingerprint density at radius 1 is 1.29 bits per heavy atom. The molecule has 0 radical (unpaired) electrons. The molecule has 1 aliphatic rings. The normalized spacial score (nSPS) is 17.2. The standard InChI is InChI=1S/C18H17ClFNO3/c19-14-5-1-6-15(20)13(14)11-18(23)21-8-2-4-12(21)10-16(22)17-7-3-9-24-17/h1,3,5-7,9,12H,2,4,8,10-11H2/t12-/m1/s1. The molecule has 24 heavy (non-hydrogen) atoms. The average molecular weight is 350 g/mol. The fourth-order valence-corrected chi connectivity index (χ4v) is 3.31. The van der Waals surface area contributed by atoms with Gasteiger partial charge >= 0.3 is 0 Å². The van der Waals surface area contributed by atoms with Crippen LogP contribution >= 0.6 is 11.6 Å². The van der Waals surface area contributed by atoms with Crippen LogP contribution in [0.15, 0.2) is 41.0 Å². The molecule has 0 aliphatic carbocycles. The first-order valence-corrected chi connectivity index (χ1v) is 8.23. The Bertz CT molecular complexity index is 724. The van der Waals surface area contributed by atoms with Crippen molar-refractivity contribution in [3.05, 3.63) is 58.8 Å². The second-order valence-corrected chi connectivity index (χ2v) is 6.27. The largest absolute Gasteiger partial charge is 0.461 e. The fraction of sp³-hybridized carbons (Fsp3) is 0.333. The Hall–Kier alpha value is -2.14.